The molecular weight excluding hydrogens is 358 g/mol. The Morgan fingerprint density at radius 3 is 2.82 bits per heavy atom. The zero-order valence-electron chi connectivity index (χ0n) is 17.6. The fraction of sp³-hybridized carbons (Fsp3) is 0.800. The molecule has 1 amide bonds. The second kappa shape index (κ2) is 8.90. The predicted octanol–water partition coefficient (Wildman–Crippen LogP) is 1.59. The minimum atomic E-state index is -0.406. The number of nitrogens with zero attached hydrogens (tertiary/aromatic N) is 3. The molecule has 8 heteroatoms. The topological polar surface area (TPSA) is 91.7 Å². The van der Waals surface area contributed by atoms with Crippen LogP contribution in [0.5, 0.6) is 0 Å². The van der Waals surface area contributed by atoms with Crippen LogP contribution in [0.15, 0.2) is 6.07 Å². The van der Waals surface area contributed by atoms with Gasteiger partial charge in [-0.05, 0) is 59.4 Å². The summed E-state index contributed by atoms with van der Waals surface area (Å²) in [6.45, 7) is 11.0. The number of morpholine rings is 1. The summed E-state index contributed by atoms with van der Waals surface area (Å²) in [5, 5.41) is 17.0. The Morgan fingerprint density at radius 1 is 1.50 bits per heavy atom. The van der Waals surface area contributed by atoms with E-state index in [0.29, 0.717) is 19.7 Å². The van der Waals surface area contributed by atoms with Crippen molar-refractivity contribution in [2.75, 3.05) is 26.2 Å². The lowest BCUT2D eigenvalue weighted by Crippen LogP contribution is -2.50. The van der Waals surface area contributed by atoms with Gasteiger partial charge in [-0.15, -0.1) is 0 Å². The molecule has 3 N–H and O–H groups in total. The Hall–Kier alpha value is -1.48. The molecule has 28 heavy (non-hydrogen) atoms. The molecule has 0 bridgehead atoms. The number of aryl methyl sites for hydroxylation is 1. The number of ether oxygens (including phenoxy) is 1. The van der Waals surface area contributed by atoms with Gasteiger partial charge in [0.2, 0.25) is 0 Å². The van der Waals surface area contributed by atoms with Gasteiger partial charge in [0.25, 0.3) is 5.91 Å². The van der Waals surface area contributed by atoms with Crippen molar-refractivity contribution in [3.05, 3.63) is 17.5 Å². The number of aromatic nitrogens is 2. The van der Waals surface area contributed by atoms with Gasteiger partial charge >= 0.3 is 0 Å². The molecule has 1 saturated heterocycles. The molecule has 3 rings (SSSR count). The molecule has 1 aromatic heterocycles. The Balaban J connectivity index is 1.82. The highest BCUT2D eigenvalue weighted by Gasteiger charge is 2.40. The van der Waals surface area contributed by atoms with Gasteiger partial charge in [-0.25, -0.2) is 5.48 Å². The normalized spacial score (nSPS) is 21.5. The summed E-state index contributed by atoms with van der Waals surface area (Å²) in [6, 6.07) is 2.31. The smallest absolute Gasteiger partial charge is 0.253 e. The van der Waals surface area contributed by atoms with Crippen molar-refractivity contribution in [1.82, 2.24) is 25.5 Å². The van der Waals surface area contributed by atoms with Crippen molar-refractivity contribution in [2.45, 2.75) is 77.1 Å². The fourth-order valence-corrected chi connectivity index (χ4v) is 3.82. The average Bonchev–Trinajstić information content (AvgIpc) is 3.39. The van der Waals surface area contributed by atoms with Gasteiger partial charge in [-0.1, -0.05) is 0 Å². The molecule has 2 heterocycles. The molecule has 8 nitrogen and oxygen atoms in total. The van der Waals surface area contributed by atoms with Crippen molar-refractivity contribution in [3.8, 4) is 0 Å². The largest absolute Gasteiger partial charge is 0.366 e. The van der Waals surface area contributed by atoms with E-state index in [1.807, 2.05) is 4.90 Å². The summed E-state index contributed by atoms with van der Waals surface area (Å²) in [5.74, 6) is 0.0681. The molecule has 0 aromatic carbocycles. The third-order valence-electron chi connectivity index (χ3n) is 5.40. The summed E-state index contributed by atoms with van der Waals surface area (Å²) in [7, 11) is 0. The number of hydrogen-bond donors (Lipinski definition) is 3. The fourth-order valence-electron chi connectivity index (χ4n) is 3.82. The minimum Gasteiger partial charge on any atom is -0.366 e. The monoisotopic (exact) mass is 393 g/mol. The van der Waals surface area contributed by atoms with E-state index in [9.17, 15) is 4.79 Å². The number of hydrogen-bond acceptors (Lipinski definition) is 6. The van der Waals surface area contributed by atoms with Crippen molar-refractivity contribution in [2.24, 2.45) is 0 Å². The Bertz CT molecular complexity index is 659. The van der Waals surface area contributed by atoms with Gasteiger partial charge in [-0.3, -0.25) is 9.48 Å². The van der Waals surface area contributed by atoms with E-state index in [-0.39, 0.29) is 23.5 Å². The third-order valence-corrected chi connectivity index (χ3v) is 5.40. The van der Waals surface area contributed by atoms with Crippen molar-refractivity contribution in [3.63, 3.8) is 0 Å². The lowest BCUT2D eigenvalue weighted by molar-refractivity contribution is -0.148. The van der Waals surface area contributed by atoms with E-state index in [1.165, 1.54) is 0 Å². The number of nitrogens with one attached hydrogen (secondary N) is 2. The molecule has 2 fully saturated rings. The second-order valence-electron chi connectivity index (χ2n) is 8.87. The number of amides is 1. The van der Waals surface area contributed by atoms with Gasteiger partial charge in [-0.2, -0.15) is 5.10 Å². The van der Waals surface area contributed by atoms with E-state index in [2.05, 4.69) is 49.2 Å². The first kappa shape index (κ1) is 21.2. The lowest BCUT2D eigenvalue weighted by atomic mass is 10.1. The molecule has 2 aliphatic rings. The summed E-state index contributed by atoms with van der Waals surface area (Å²) in [4.78, 5) is 15.2. The zero-order valence-corrected chi connectivity index (χ0v) is 17.6. The van der Waals surface area contributed by atoms with Crippen LogP contribution in [0.25, 0.3) is 0 Å². The number of carbonyl (C=O) groups excluding carboxylic acids is 1. The van der Waals surface area contributed by atoms with E-state index < -0.39 is 6.10 Å². The van der Waals surface area contributed by atoms with Crippen molar-refractivity contribution in [1.29, 1.82) is 0 Å². The summed E-state index contributed by atoms with van der Waals surface area (Å²) < 4.78 is 7.78. The van der Waals surface area contributed by atoms with Crippen LogP contribution >= 0.6 is 0 Å². The quantitative estimate of drug-likeness (QED) is 0.459. The molecule has 158 valence electrons. The van der Waals surface area contributed by atoms with Gasteiger partial charge in [0.1, 0.15) is 6.10 Å². The van der Waals surface area contributed by atoms with E-state index in [1.54, 1.807) is 0 Å². The highest BCUT2D eigenvalue weighted by molar-refractivity contribution is 5.82. The van der Waals surface area contributed by atoms with Crippen LogP contribution in [0.3, 0.4) is 0 Å². The number of rotatable bonds is 8. The van der Waals surface area contributed by atoms with Crippen molar-refractivity contribution >= 4 is 5.91 Å². The number of carbonyl (C=O) groups is 1. The predicted molar refractivity (Wildman–Crippen MR) is 106 cm³/mol. The maximum atomic E-state index is 13.2. The molecule has 2 atom stereocenters. The Kier molecular flexibility index (Phi) is 6.75. The molecule has 1 aliphatic heterocycles. The molecule has 0 unspecified atom stereocenters. The maximum absolute atomic E-state index is 13.2. The molecule has 1 aliphatic carbocycles. The van der Waals surface area contributed by atoms with Gasteiger partial charge in [0.15, 0.2) is 0 Å². The first-order valence-corrected chi connectivity index (χ1v) is 10.4. The average molecular weight is 394 g/mol. The van der Waals surface area contributed by atoms with E-state index in [0.717, 1.165) is 43.6 Å². The van der Waals surface area contributed by atoms with Crippen LogP contribution in [-0.2, 0) is 21.5 Å². The van der Waals surface area contributed by atoms with Crippen LogP contribution in [0, 0.1) is 0 Å². The standard InChI is InChI=1S/C20H35N5O3/c1-14(24(15-7-8-15)19(26)18-13-21-10-11-28-18)17-12-16(6-5-9-22-27)25(23-17)20(2,3)4/h12,14-15,18,21-22,27H,5-11,13H2,1-4H3/t14-,18-/m1/s1. The maximum Gasteiger partial charge on any atom is 0.253 e. The Morgan fingerprint density at radius 2 is 2.25 bits per heavy atom. The van der Waals surface area contributed by atoms with E-state index >= 15 is 0 Å². The summed E-state index contributed by atoms with van der Waals surface area (Å²) in [6.07, 6.45) is 3.32. The number of hydroxylamine groups is 1. The van der Waals surface area contributed by atoms with Crippen LogP contribution in [0.4, 0.5) is 0 Å². The third kappa shape index (κ3) is 4.92. The van der Waals surface area contributed by atoms with Gasteiger partial charge < -0.3 is 20.2 Å². The minimum absolute atomic E-state index is 0.0681. The van der Waals surface area contributed by atoms with Crippen LogP contribution in [0.1, 0.15) is 64.4 Å². The summed E-state index contributed by atoms with van der Waals surface area (Å²) in [5.41, 5.74) is 4.12. The van der Waals surface area contributed by atoms with Gasteiger partial charge in [0.05, 0.1) is 23.9 Å². The lowest BCUT2D eigenvalue weighted by Gasteiger charge is -2.33. The van der Waals surface area contributed by atoms with Gasteiger partial charge in [0, 0.05) is 31.4 Å². The molecule has 0 spiro atoms. The highest BCUT2D eigenvalue weighted by atomic mass is 16.5. The first-order chi connectivity index (χ1) is 13.3. The molecule has 0 radical (unpaired) electrons. The Labute approximate surface area is 167 Å². The first-order valence-electron chi connectivity index (χ1n) is 10.4. The van der Waals surface area contributed by atoms with Crippen LogP contribution in [-0.4, -0.2) is 64.2 Å². The van der Waals surface area contributed by atoms with Crippen molar-refractivity contribution < 1.29 is 14.7 Å². The molecular formula is C20H35N5O3. The summed E-state index contributed by atoms with van der Waals surface area (Å²) >= 11 is 0. The SMILES string of the molecule is C[C@H](c1cc(CCCNO)n(C(C)(C)C)n1)N(C(=O)[C@H]1CNCCO1)C1CC1. The van der Waals surface area contributed by atoms with Crippen LogP contribution in [0.2, 0.25) is 0 Å². The molecule has 1 saturated carbocycles. The van der Waals surface area contributed by atoms with Crippen LogP contribution < -0.4 is 10.8 Å². The molecule has 1 aromatic rings. The second-order valence-corrected chi connectivity index (χ2v) is 8.87. The zero-order chi connectivity index (χ0) is 20.3. The van der Waals surface area contributed by atoms with E-state index in [4.69, 9.17) is 15.0 Å². The highest BCUT2D eigenvalue weighted by Crippen LogP contribution is 2.35.